The van der Waals surface area contributed by atoms with Crippen molar-refractivity contribution in [3.8, 4) is 0 Å². The van der Waals surface area contributed by atoms with Gasteiger partial charge in [-0.25, -0.2) is 4.39 Å². The van der Waals surface area contributed by atoms with Gasteiger partial charge in [0, 0.05) is 6.54 Å². The van der Waals surface area contributed by atoms with E-state index in [4.69, 9.17) is 0 Å². The monoisotopic (exact) mass is 308 g/mol. The van der Waals surface area contributed by atoms with E-state index in [1.165, 1.54) is 23.9 Å². The SMILES string of the molecule is CCCn1c(C)nnc1SCC(=O)Nc1ccccc1F. The van der Waals surface area contributed by atoms with Gasteiger partial charge in [-0.15, -0.1) is 10.2 Å². The molecule has 7 heteroatoms. The van der Waals surface area contributed by atoms with Crippen LogP contribution < -0.4 is 5.32 Å². The van der Waals surface area contributed by atoms with Crippen LogP contribution in [0.2, 0.25) is 0 Å². The molecule has 21 heavy (non-hydrogen) atoms. The number of halogens is 1. The third kappa shape index (κ3) is 4.04. The molecule has 1 amide bonds. The highest BCUT2D eigenvalue weighted by Gasteiger charge is 2.12. The highest BCUT2D eigenvalue weighted by Crippen LogP contribution is 2.18. The van der Waals surface area contributed by atoms with Crippen molar-refractivity contribution in [2.24, 2.45) is 0 Å². The molecule has 0 aliphatic carbocycles. The van der Waals surface area contributed by atoms with E-state index in [0.717, 1.165) is 18.8 Å². The normalized spacial score (nSPS) is 10.6. The van der Waals surface area contributed by atoms with Crippen LogP contribution in [0.15, 0.2) is 29.4 Å². The molecular weight excluding hydrogens is 291 g/mol. The van der Waals surface area contributed by atoms with Crippen LogP contribution in [-0.4, -0.2) is 26.4 Å². The molecule has 0 aliphatic rings. The maximum absolute atomic E-state index is 13.4. The maximum atomic E-state index is 13.4. The summed E-state index contributed by atoms with van der Waals surface area (Å²) >= 11 is 1.30. The Balaban J connectivity index is 1.94. The first-order valence-corrected chi connectivity index (χ1v) is 7.67. The molecule has 0 atom stereocenters. The van der Waals surface area contributed by atoms with E-state index in [-0.39, 0.29) is 17.3 Å². The standard InChI is InChI=1S/C14H17FN4OS/c1-3-8-19-10(2)17-18-14(19)21-9-13(20)16-12-7-5-4-6-11(12)15/h4-7H,3,8-9H2,1-2H3,(H,16,20). The summed E-state index contributed by atoms with van der Waals surface area (Å²) in [6.07, 6.45) is 0.966. The minimum atomic E-state index is -0.444. The lowest BCUT2D eigenvalue weighted by molar-refractivity contribution is -0.113. The van der Waals surface area contributed by atoms with E-state index in [9.17, 15) is 9.18 Å². The Morgan fingerprint density at radius 1 is 1.38 bits per heavy atom. The quantitative estimate of drug-likeness (QED) is 0.834. The summed E-state index contributed by atoms with van der Waals surface area (Å²) in [5, 5.41) is 11.3. The molecule has 0 saturated carbocycles. The molecule has 0 saturated heterocycles. The van der Waals surface area contributed by atoms with Crippen LogP contribution in [0.4, 0.5) is 10.1 Å². The highest BCUT2D eigenvalue weighted by atomic mass is 32.2. The van der Waals surface area contributed by atoms with Gasteiger partial charge in [0.1, 0.15) is 11.6 Å². The second-order valence-corrected chi connectivity index (χ2v) is 5.44. The Labute approximate surface area is 127 Å². The summed E-state index contributed by atoms with van der Waals surface area (Å²) in [6.45, 7) is 4.76. The number of thioether (sulfide) groups is 1. The third-order valence-corrected chi connectivity index (χ3v) is 3.80. The second-order valence-electron chi connectivity index (χ2n) is 4.50. The molecule has 0 spiro atoms. The van der Waals surface area contributed by atoms with Gasteiger partial charge in [0.15, 0.2) is 5.16 Å². The summed E-state index contributed by atoms with van der Waals surface area (Å²) in [5.41, 5.74) is 0.189. The number of aromatic nitrogens is 3. The largest absolute Gasteiger partial charge is 0.323 e. The van der Waals surface area contributed by atoms with E-state index in [2.05, 4.69) is 22.4 Å². The summed E-state index contributed by atoms with van der Waals surface area (Å²) in [5.74, 6) is 0.277. The Hall–Kier alpha value is -1.89. The number of anilines is 1. The smallest absolute Gasteiger partial charge is 0.234 e. The van der Waals surface area contributed by atoms with Crippen LogP contribution >= 0.6 is 11.8 Å². The van der Waals surface area contributed by atoms with Gasteiger partial charge in [-0.1, -0.05) is 30.8 Å². The Morgan fingerprint density at radius 2 is 2.14 bits per heavy atom. The number of rotatable bonds is 6. The number of hydrogen-bond donors (Lipinski definition) is 1. The van der Waals surface area contributed by atoms with Crippen molar-refractivity contribution in [3.63, 3.8) is 0 Å². The summed E-state index contributed by atoms with van der Waals surface area (Å²) < 4.78 is 15.4. The minimum absolute atomic E-state index is 0.163. The molecule has 2 rings (SSSR count). The first kappa shape index (κ1) is 15.5. The van der Waals surface area contributed by atoms with Crippen molar-refractivity contribution in [2.75, 3.05) is 11.1 Å². The average Bonchev–Trinajstić information content (AvgIpc) is 2.81. The summed E-state index contributed by atoms with van der Waals surface area (Å²) in [6, 6.07) is 6.09. The van der Waals surface area contributed by atoms with Gasteiger partial charge < -0.3 is 9.88 Å². The highest BCUT2D eigenvalue weighted by molar-refractivity contribution is 7.99. The van der Waals surface area contributed by atoms with Crippen LogP contribution in [-0.2, 0) is 11.3 Å². The second kappa shape index (κ2) is 7.21. The van der Waals surface area contributed by atoms with Crippen LogP contribution in [0.1, 0.15) is 19.2 Å². The molecule has 0 radical (unpaired) electrons. The van der Waals surface area contributed by atoms with Gasteiger partial charge in [0.2, 0.25) is 5.91 Å². The number of nitrogens with zero attached hydrogens (tertiary/aromatic N) is 3. The number of para-hydroxylation sites is 1. The van der Waals surface area contributed by atoms with E-state index in [1.807, 2.05) is 11.5 Å². The number of amides is 1. The van der Waals surface area contributed by atoms with E-state index in [1.54, 1.807) is 12.1 Å². The number of carbonyl (C=O) groups excluding carboxylic acids is 1. The molecule has 1 N–H and O–H groups in total. The van der Waals surface area contributed by atoms with Crippen LogP contribution in [0.25, 0.3) is 0 Å². The van der Waals surface area contributed by atoms with Gasteiger partial charge >= 0.3 is 0 Å². The fourth-order valence-electron chi connectivity index (χ4n) is 1.83. The van der Waals surface area contributed by atoms with Crippen LogP contribution in [0.5, 0.6) is 0 Å². The lowest BCUT2D eigenvalue weighted by atomic mass is 10.3. The van der Waals surface area contributed by atoms with E-state index in [0.29, 0.717) is 5.16 Å². The molecule has 0 bridgehead atoms. The topological polar surface area (TPSA) is 59.8 Å². The van der Waals surface area contributed by atoms with Gasteiger partial charge in [-0.2, -0.15) is 0 Å². The summed E-state index contributed by atoms with van der Waals surface area (Å²) in [7, 11) is 0. The van der Waals surface area contributed by atoms with Crippen molar-refractivity contribution in [3.05, 3.63) is 35.9 Å². The van der Waals surface area contributed by atoms with Gasteiger partial charge in [-0.05, 0) is 25.5 Å². The number of hydrogen-bond acceptors (Lipinski definition) is 4. The van der Waals surface area contributed by atoms with Gasteiger partial charge in [0.05, 0.1) is 11.4 Å². The molecule has 5 nitrogen and oxygen atoms in total. The van der Waals surface area contributed by atoms with Gasteiger partial charge in [-0.3, -0.25) is 4.79 Å². The van der Waals surface area contributed by atoms with E-state index < -0.39 is 5.82 Å². The van der Waals surface area contributed by atoms with Crippen molar-refractivity contribution >= 4 is 23.4 Å². The fraction of sp³-hybridized carbons (Fsp3) is 0.357. The average molecular weight is 308 g/mol. The third-order valence-electron chi connectivity index (χ3n) is 2.83. The van der Waals surface area contributed by atoms with Crippen molar-refractivity contribution in [1.82, 2.24) is 14.8 Å². The van der Waals surface area contributed by atoms with Crippen molar-refractivity contribution in [1.29, 1.82) is 0 Å². The molecule has 1 aromatic carbocycles. The molecule has 1 aromatic heterocycles. The summed E-state index contributed by atoms with van der Waals surface area (Å²) in [4.78, 5) is 11.9. The molecule has 0 fully saturated rings. The number of carbonyl (C=O) groups is 1. The molecule has 0 aliphatic heterocycles. The fourth-order valence-corrected chi connectivity index (χ4v) is 2.64. The lowest BCUT2D eigenvalue weighted by Gasteiger charge is -2.07. The van der Waals surface area contributed by atoms with Gasteiger partial charge in [0.25, 0.3) is 0 Å². The molecule has 1 heterocycles. The Kier molecular flexibility index (Phi) is 5.32. The number of aryl methyl sites for hydroxylation is 1. The Bertz CT molecular complexity index is 629. The molecule has 2 aromatic rings. The van der Waals surface area contributed by atoms with Crippen molar-refractivity contribution < 1.29 is 9.18 Å². The van der Waals surface area contributed by atoms with Crippen molar-refractivity contribution in [2.45, 2.75) is 32.0 Å². The predicted molar refractivity (Wildman–Crippen MR) is 80.8 cm³/mol. The zero-order valence-corrected chi connectivity index (χ0v) is 12.8. The predicted octanol–water partition coefficient (Wildman–Crippen LogP) is 2.87. The first-order chi connectivity index (χ1) is 10.1. The van der Waals surface area contributed by atoms with E-state index >= 15 is 0 Å². The zero-order chi connectivity index (χ0) is 15.2. The van der Waals surface area contributed by atoms with Crippen LogP contribution in [0, 0.1) is 12.7 Å². The zero-order valence-electron chi connectivity index (χ0n) is 12.0. The number of nitrogens with one attached hydrogen (secondary N) is 1. The number of benzene rings is 1. The first-order valence-electron chi connectivity index (χ1n) is 6.68. The lowest BCUT2D eigenvalue weighted by Crippen LogP contribution is -2.15. The Morgan fingerprint density at radius 3 is 2.86 bits per heavy atom. The molecule has 0 unspecified atom stereocenters. The molecular formula is C14H17FN4OS. The van der Waals surface area contributed by atoms with Crippen LogP contribution in [0.3, 0.4) is 0 Å². The minimum Gasteiger partial charge on any atom is -0.323 e. The maximum Gasteiger partial charge on any atom is 0.234 e. The molecule has 112 valence electrons.